The Bertz CT molecular complexity index is 1120. The van der Waals surface area contributed by atoms with Crippen molar-refractivity contribution < 1.29 is 18.7 Å². The summed E-state index contributed by atoms with van der Waals surface area (Å²) in [6.45, 7) is 2.97. The standard InChI is InChI=1S/C21H19FN5O4/c1-11-17(18(24-21(29)23-11)15-8-3-4-9-16(15)22)19-25-27(12(2)28)20(31-19)13-6-5-7-14(10-13)26-30/h3-10,18,20,26H,1-2H3,(H2,23,24,29)/q-1. The van der Waals surface area contributed by atoms with Crippen LogP contribution in [0.3, 0.4) is 0 Å². The maximum Gasteiger partial charge on any atom is 0.319 e. The molecule has 0 bridgehead atoms. The van der Waals surface area contributed by atoms with Crippen LogP contribution in [0.1, 0.15) is 37.2 Å². The number of carbonyl (C=O) groups is 2. The molecule has 2 aliphatic heterocycles. The lowest BCUT2D eigenvalue weighted by Gasteiger charge is -2.29. The van der Waals surface area contributed by atoms with E-state index in [0.717, 1.165) is 5.01 Å². The molecule has 10 heteroatoms. The number of benzene rings is 2. The quantitative estimate of drug-likeness (QED) is 0.651. The molecule has 0 aromatic heterocycles. The SMILES string of the molecule is CC(=O)N1N=C(C2=C(C)NC(=O)NC2c2ccccc2F)OC1c1cccc(N[O-])c1. The Kier molecular flexibility index (Phi) is 5.30. The Morgan fingerprint density at radius 3 is 2.74 bits per heavy atom. The molecular weight excluding hydrogens is 405 g/mol. The number of urea groups is 1. The monoisotopic (exact) mass is 424 g/mol. The number of hydrazone groups is 1. The molecule has 2 aromatic carbocycles. The lowest BCUT2D eigenvalue weighted by molar-refractivity contribution is -0.135. The Morgan fingerprint density at radius 1 is 1.26 bits per heavy atom. The fraction of sp³-hybridized carbons (Fsp3) is 0.190. The molecule has 4 rings (SSSR count). The third-order valence-electron chi connectivity index (χ3n) is 4.97. The molecule has 0 radical (unpaired) electrons. The van der Waals surface area contributed by atoms with Crippen molar-refractivity contribution in [2.45, 2.75) is 26.1 Å². The highest BCUT2D eigenvalue weighted by atomic mass is 19.1. The summed E-state index contributed by atoms with van der Waals surface area (Å²) in [5, 5.41) is 21.8. The summed E-state index contributed by atoms with van der Waals surface area (Å²) < 4.78 is 20.6. The van der Waals surface area contributed by atoms with E-state index in [9.17, 15) is 19.2 Å². The van der Waals surface area contributed by atoms with Crippen molar-refractivity contribution in [1.29, 1.82) is 0 Å². The molecule has 2 unspecified atom stereocenters. The van der Waals surface area contributed by atoms with Gasteiger partial charge in [0.15, 0.2) is 0 Å². The first-order valence-corrected chi connectivity index (χ1v) is 9.45. The number of amides is 3. The lowest BCUT2D eigenvalue weighted by atomic mass is 9.95. The summed E-state index contributed by atoms with van der Waals surface area (Å²) >= 11 is 0. The fourth-order valence-electron chi connectivity index (χ4n) is 3.57. The normalized spacial score (nSPS) is 20.6. The molecule has 2 heterocycles. The van der Waals surface area contributed by atoms with Crippen LogP contribution in [0.5, 0.6) is 0 Å². The number of carbonyl (C=O) groups excluding carboxylic acids is 2. The summed E-state index contributed by atoms with van der Waals surface area (Å²) in [6.07, 6.45) is -0.931. The molecular formula is C21H19FN5O4-. The van der Waals surface area contributed by atoms with Crippen LogP contribution >= 0.6 is 0 Å². The van der Waals surface area contributed by atoms with Crippen LogP contribution < -0.4 is 16.1 Å². The average Bonchev–Trinajstić information content (AvgIpc) is 3.19. The zero-order chi connectivity index (χ0) is 22.1. The first-order chi connectivity index (χ1) is 14.9. The summed E-state index contributed by atoms with van der Waals surface area (Å²) in [5.41, 5.74) is 3.64. The molecule has 31 heavy (non-hydrogen) atoms. The van der Waals surface area contributed by atoms with E-state index in [0.29, 0.717) is 22.5 Å². The van der Waals surface area contributed by atoms with Crippen LogP contribution in [-0.2, 0) is 9.53 Å². The van der Waals surface area contributed by atoms with Crippen LogP contribution in [-0.4, -0.2) is 22.8 Å². The predicted octanol–water partition coefficient (Wildman–Crippen LogP) is 3.25. The van der Waals surface area contributed by atoms with Crippen LogP contribution in [0.25, 0.3) is 0 Å². The van der Waals surface area contributed by atoms with Crippen LogP contribution in [0.4, 0.5) is 14.9 Å². The minimum Gasteiger partial charge on any atom is -0.761 e. The number of nitrogens with zero attached hydrogens (tertiary/aromatic N) is 2. The van der Waals surface area contributed by atoms with Crippen molar-refractivity contribution in [3.63, 3.8) is 0 Å². The van der Waals surface area contributed by atoms with Crippen molar-refractivity contribution in [2.75, 3.05) is 5.48 Å². The molecule has 0 saturated heterocycles. The average molecular weight is 424 g/mol. The smallest absolute Gasteiger partial charge is 0.319 e. The maximum atomic E-state index is 14.5. The Hall–Kier alpha value is -3.92. The summed E-state index contributed by atoms with van der Waals surface area (Å²) in [4.78, 5) is 24.3. The molecule has 2 aromatic rings. The molecule has 2 atom stereocenters. The summed E-state index contributed by atoms with van der Waals surface area (Å²) in [7, 11) is 0. The van der Waals surface area contributed by atoms with Crippen LogP contribution in [0.15, 0.2) is 64.9 Å². The second kappa shape index (κ2) is 8.07. The van der Waals surface area contributed by atoms with Gasteiger partial charge in [0, 0.05) is 29.4 Å². The van der Waals surface area contributed by atoms with Gasteiger partial charge in [-0.3, -0.25) is 4.79 Å². The fourth-order valence-corrected chi connectivity index (χ4v) is 3.57. The van der Waals surface area contributed by atoms with Crippen molar-refractivity contribution >= 4 is 23.5 Å². The Morgan fingerprint density at radius 2 is 2.03 bits per heavy atom. The van der Waals surface area contributed by atoms with Crippen molar-refractivity contribution in [1.82, 2.24) is 15.6 Å². The number of halogens is 1. The van der Waals surface area contributed by atoms with Gasteiger partial charge in [-0.1, -0.05) is 30.3 Å². The number of allylic oxidation sites excluding steroid dienone is 1. The van der Waals surface area contributed by atoms with E-state index in [1.165, 1.54) is 13.0 Å². The first-order valence-electron chi connectivity index (χ1n) is 9.45. The molecule has 160 valence electrons. The topological polar surface area (TPSA) is 118 Å². The zero-order valence-electron chi connectivity index (χ0n) is 16.7. The number of ether oxygens (including phenoxy) is 1. The predicted molar refractivity (Wildman–Crippen MR) is 111 cm³/mol. The van der Waals surface area contributed by atoms with E-state index in [2.05, 4.69) is 15.7 Å². The first kappa shape index (κ1) is 20.4. The second-order valence-corrected chi connectivity index (χ2v) is 7.06. The molecule has 0 spiro atoms. The van der Waals surface area contributed by atoms with Gasteiger partial charge in [0.2, 0.25) is 18.0 Å². The van der Waals surface area contributed by atoms with E-state index in [1.54, 1.807) is 54.9 Å². The van der Waals surface area contributed by atoms with Gasteiger partial charge in [0.05, 0.1) is 11.6 Å². The summed E-state index contributed by atoms with van der Waals surface area (Å²) in [5.74, 6) is -0.847. The van der Waals surface area contributed by atoms with Gasteiger partial charge >= 0.3 is 6.03 Å². The van der Waals surface area contributed by atoms with Gasteiger partial charge in [-0.05, 0) is 25.1 Å². The molecule has 0 fully saturated rings. The van der Waals surface area contributed by atoms with Gasteiger partial charge in [0.1, 0.15) is 5.82 Å². The van der Waals surface area contributed by atoms with E-state index >= 15 is 0 Å². The molecule has 0 aliphatic carbocycles. The molecule has 9 nitrogen and oxygen atoms in total. The number of hydrogen-bond acceptors (Lipinski definition) is 6. The van der Waals surface area contributed by atoms with Gasteiger partial charge in [-0.25, -0.2) is 9.18 Å². The highest BCUT2D eigenvalue weighted by molar-refractivity contribution is 6.00. The minimum atomic E-state index is -0.931. The van der Waals surface area contributed by atoms with Gasteiger partial charge in [0.25, 0.3) is 0 Å². The van der Waals surface area contributed by atoms with E-state index in [-0.39, 0.29) is 11.5 Å². The highest BCUT2D eigenvalue weighted by Gasteiger charge is 2.39. The Balaban J connectivity index is 1.76. The van der Waals surface area contributed by atoms with E-state index in [4.69, 9.17) is 4.74 Å². The van der Waals surface area contributed by atoms with Crippen molar-refractivity contribution in [3.05, 3.63) is 82.0 Å². The molecule has 2 aliphatic rings. The number of rotatable bonds is 4. The number of anilines is 1. The largest absolute Gasteiger partial charge is 0.761 e. The number of hydrogen-bond donors (Lipinski definition) is 3. The Labute approximate surface area is 177 Å². The maximum absolute atomic E-state index is 14.5. The van der Waals surface area contributed by atoms with Gasteiger partial charge < -0.3 is 26.1 Å². The lowest BCUT2D eigenvalue weighted by Crippen LogP contribution is -2.45. The number of nitrogens with one attached hydrogen (secondary N) is 3. The zero-order valence-corrected chi connectivity index (χ0v) is 16.7. The van der Waals surface area contributed by atoms with E-state index in [1.807, 2.05) is 0 Å². The van der Waals surface area contributed by atoms with Gasteiger partial charge in [-0.2, -0.15) is 5.01 Å². The van der Waals surface area contributed by atoms with Crippen molar-refractivity contribution in [2.24, 2.45) is 5.10 Å². The molecule has 3 amide bonds. The van der Waals surface area contributed by atoms with Gasteiger partial charge in [-0.15, -0.1) is 5.10 Å². The van der Waals surface area contributed by atoms with Crippen molar-refractivity contribution in [3.8, 4) is 0 Å². The van der Waals surface area contributed by atoms with Crippen LogP contribution in [0.2, 0.25) is 0 Å². The van der Waals surface area contributed by atoms with E-state index < -0.39 is 30.0 Å². The van der Waals surface area contributed by atoms with Crippen LogP contribution in [0, 0.1) is 11.0 Å². The third-order valence-corrected chi connectivity index (χ3v) is 4.97. The summed E-state index contributed by atoms with van der Waals surface area (Å²) in [6, 6.07) is 11.1. The molecule has 3 N–H and O–H groups in total. The second-order valence-electron chi connectivity index (χ2n) is 7.06. The molecule has 0 saturated carbocycles. The minimum absolute atomic E-state index is 0.0546. The third kappa shape index (κ3) is 3.80. The highest BCUT2D eigenvalue weighted by Crippen LogP contribution is 2.36.